The van der Waals surface area contributed by atoms with Crippen molar-refractivity contribution in [3.8, 4) is 5.75 Å². The van der Waals surface area contributed by atoms with E-state index in [0.29, 0.717) is 25.4 Å². The lowest BCUT2D eigenvalue weighted by Gasteiger charge is -2.37. The van der Waals surface area contributed by atoms with E-state index in [4.69, 9.17) is 4.74 Å². The minimum absolute atomic E-state index is 0.313. The van der Waals surface area contributed by atoms with Crippen molar-refractivity contribution in [2.24, 2.45) is 0 Å². The molecule has 106 valence electrons. The molecular weight excluding hydrogens is 257 g/mol. The van der Waals surface area contributed by atoms with Gasteiger partial charge in [-0.2, -0.15) is 13.2 Å². The normalized spacial score (nSPS) is 21.4. The number of rotatable bonds is 3. The van der Waals surface area contributed by atoms with Crippen LogP contribution in [0.5, 0.6) is 5.75 Å². The Balaban J connectivity index is 2.23. The van der Waals surface area contributed by atoms with Crippen molar-refractivity contribution in [1.29, 1.82) is 0 Å². The van der Waals surface area contributed by atoms with Gasteiger partial charge in [-0.15, -0.1) is 0 Å². The highest BCUT2D eigenvalue weighted by atomic mass is 19.4. The molecule has 0 amide bonds. The summed E-state index contributed by atoms with van der Waals surface area (Å²) in [5.74, 6) is 0.628. The predicted molar refractivity (Wildman–Crippen MR) is 66.2 cm³/mol. The minimum atomic E-state index is -4.18. The van der Waals surface area contributed by atoms with Crippen LogP contribution in [0.2, 0.25) is 0 Å². The molecule has 1 aromatic carbocycles. The van der Waals surface area contributed by atoms with Crippen LogP contribution in [-0.4, -0.2) is 44.4 Å². The number of piperazine rings is 1. The topological polar surface area (TPSA) is 24.5 Å². The first-order chi connectivity index (χ1) is 9.01. The van der Waals surface area contributed by atoms with Gasteiger partial charge in [-0.1, -0.05) is 18.2 Å². The maximum Gasteiger partial charge on any atom is 0.401 e. The highest BCUT2D eigenvalue weighted by Gasteiger charge is 2.36. The molecule has 0 bridgehead atoms. The number of halogens is 3. The third-order valence-electron chi connectivity index (χ3n) is 3.23. The maximum absolute atomic E-state index is 12.6. The van der Waals surface area contributed by atoms with E-state index >= 15 is 0 Å². The number of nitrogens with zero attached hydrogens (tertiary/aromatic N) is 1. The molecule has 1 aromatic rings. The number of benzene rings is 1. The van der Waals surface area contributed by atoms with Gasteiger partial charge in [0.15, 0.2) is 0 Å². The van der Waals surface area contributed by atoms with Gasteiger partial charge in [0.05, 0.1) is 19.7 Å². The van der Waals surface area contributed by atoms with Gasteiger partial charge < -0.3 is 10.1 Å². The van der Waals surface area contributed by atoms with Gasteiger partial charge in [0.25, 0.3) is 0 Å². The van der Waals surface area contributed by atoms with Crippen molar-refractivity contribution in [2.45, 2.75) is 12.2 Å². The lowest BCUT2D eigenvalue weighted by molar-refractivity contribution is -0.152. The van der Waals surface area contributed by atoms with Gasteiger partial charge in [-0.25, -0.2) is 0 Å². The molecule has 0 aromatic heterocycles. The van der Waals surface area contributed by atoms with Crippen molar-refractivity contribution in [3.63, 3.8) is 0 Å². The first kappa shape index (κ1) is 14.1. The number of hydrogen-bond donors (Lipinski definition) is 1. The molecule has 1 N–H and O–H groups in total. The fraction of sp³-hybridized carbons (Fsp3) is 0.538. The number of alkyl halides is 3. The summed E-state index contributed by atoms with van der Waals surface area (Å²) >= 11 is 0. The molecule has 1 aliphatic heterocycles. The minimum Gasteiger partial charge on any atom is -0.496 e. The van der Waals surface area contributed by atoms with Crippen molar-refractivity contribution < 1.29 is 17.9 Å². The molecule has 1 aliphatic rings. The molecule has 1 fully saturated rings. The Bertz CT molecular complexity index is 423. The quantitative estimate of drug-likeness (QED) is 0.914. The molecule has 19 heavy (non-hydrogen) atoms. The third kappa shape index (κ3) is 3.61. The molecule has 0 radical (unpaired) electrons. The summed E-state index contributed by atoms with van der Waals surface area (Å²) in [6.45, 7) is 0.553. The van der Waals surface area contributed by atoms with Crippen LogP contribution in [0.25, 0.3) is 0 Å². The molecule has 1 heterocycles. The zero-order chi connectivity index (χ0) is 13.9. The smallest absolute Gasteiger partial charge is 0.401 e. The van der Waals surface area contributed by atoms with E-state index in [1.165, 1.54) is 12.0 Å². The number of nitrogens with one attached hydrogen (secondary N) is 1. The van der Waals surface area contributed by atoms with E-state index in [-0.39, 0.29) is 6.04 Å². The van der Waals surface area contributed by atoms with E-state index < -0.39 is 12.7 Å². The lowest BCUT2D eigenvalue weighted by Crippen LogP contribution is -2.49. The second kappa shape index (κ2) is 5.79. The predicted octanol–water partition coefficient (Wildman–Crippen LogP) is 2.20. The second-order valence-corrected chi connectivity index (χ2v) is 4.55. The SMILES string of the molecule is COc1ccccc1C1CNCCN1CC(F)(F)F. The molecule has 6 heteroatoms. The summed E-state index contributed by atoms with van der Waals surface area (Å²) in [4.78, 5) is 1.45. The highest BCUT2D eigenvalue weighted by molar-refractivity contribution is 5.36. The fourth-order valence-electron chi connectivity index (χ4n) is 2.41. The van der Waals surface area contributed by atoms with Gasteiger partial charge in [0, 0.05) is 25.2 Å². The number of para-hydroxylation sites is 1. The molecule has 2 rings (SSSR count). The Morgan fingerprint density at radius 3 is 2.79 bits per heavy atom. The fourth-order valence-corrected chi connectivity index (χ4v) is 2.41. The van der Waals surface area contributed by atoms with Crippen LogP contribution in [0.3, 0.4) is 0 Å². The Labute approximate surface area is 110 Å². The third-order valence-corrected chi connectivity index (χ3v) is 3.23. The maximum atomic E-state index is 12.6. The molecule has 1 unspecified atom stereocenters. The van der Waals surface area contributed by atoms with Crippen LogP contribution in [0.4, 0.5) is 13.2 Å². The summed E-state index contributed by atoms with van der Waals surface area (Å²) in [7, 11) is 1.53. The summed E-state index contributed by atoms with van der Waals surface area (Å²) in [5.41, 5.74) is 0.793. The van der Waals surface area contributed by atoms with E-state index in [2.05, 4.69) is 5.32 Å². The van der Waals surface area contributed by atoms with Crippen LogP contribution in [-0.2, 0) is 0 Å². The molecule has 3 nitrogen and oxygen atoms in total. The largest absolute Gasteiger partial charge is 0.496 e. The molecule has 0 spiro atoms. The van der Waals surface area contributed by atoms with Crippen molar-refractivity contribution in [2.75, 3.05) is 33.3 Å². The second-order valence-electron chi connectivity index (χ2n) is 4.55. The summed E-state index contributed by atoms with van der Waals surface area (Å²) in [5, 5.41) is 3.14. The van der Waals surface area contributed by atoms with Crippen LogP contribution in [0.15, 0.2) is 24.3 Å². The molecule has 1 saturated heterocycles. The first-order valence-electron chi connectivity index (χ1n) is 6.15. The van der Waals surface area contributed by atoms with Crippen molar-refractivity contribution >= 4 is 0 Å². The van der Waals surface area contributed by atoms with Crippen LogP contribution in [0, 0.1) is 0 Å². The summed E-state index contributed by atoms with van der Waals surface area (Å²) in [6, 6.07) is 6.91. The van der Waals surface area contributed by atoms with Crippen LogP contribution in [0.1, 0.15) is 11.6 Å². The van der Waals surface area contributed by atoms with Crippen LogP contribution >= 0.6 is 0 Å². The summed E-state index contributed by atoms with van der Waals surface area (Å²) in [6.07, 6.45) is -4.18. The van der Waals surface area contributed by atoms with Crippen molar-refractivity contribution in [3.05, 3.63) is 29.8 Å². The van der Waals surface area contributed by atoms with E-state index in [1.807, 2.05) is 18.2 Å². The average molecular weight is 274 g/mol. The van der Waals surface area contributed by atoms with E-state index in [9.17, 15) is 13.2 Å². The zero-order valence-electron chi connectivity index (χ0n) is 10.7. The number of hydrogen-bond acceptors (Lipinski definition) is 3. The van der Waals surface area contributed by atoms with E-state index in [1.54, 1.807) is 6.07 Å². The molecule has 0 aliphatic carbocycles. The summed E-state index contributed by atoms with van der Waals surface area (Å²) < 4.78 is 43.1. The Morgan fingerprint density at radius 2 is 2.11 bits per heavy atom. The van der Waals surface area contributed by atoms with Crippen LogP contribution < -0.4 is 10.1 Å². The van der Waals surface area contributed by atoms with Crippen molar-refractivity contribution in [1.82, 2.24) is 10.2 Å². The lowest BCUT2D eigenvalue weighted by atomic mass is 10.0. The molecular formula is C13H17F3N2O. The van der Waals surface area contributed by atoms with Gasteiger partial charge in [0.2, 0.25) is 0 Å². The zero-order valence-corrected chi connectivity index (χ0v) is 10.7. The number of methoxy groups -OCH3 is 1. The molecule has 0 saturated carbocycles. The number of ether oxygens (including phenoxy) is 1. The van der Waals surface area contributed by atoms with Gasteiger partial charge in [-0.3, -0.25) is 4.90 Å². The van der Waals surface area contributed by atoms with Gasteiger partial charge >= 0.3 is 6.18 Å². The van der Waals surface area contributed by atoms with E-state index in [0.717, 1.165) is 5.56 Å². The molecule has 1 atom stereocenters. The standard InChI is InChI=1S/C13H17F3N2O/c1-19-12-5-3-2-4-10(12)11-8-17-6-7-18(11)9-13(14,15)16/h2-5,11,17H,6-9H2,1H3. The Morgan fingerprint density at radius 1 is 1.37 bits per heavy atom. The highest BCUT2D eigenvalue weighted by Crippen LogP contribution is 2.32. The Hall–Kier alpha value is -1.27. The monoisotopic (exact) mass is 274 g/mol. The Kier molecular flexibility index (Phi) is 4.31. The van der Waals surface area contributed by atoms with Gasteiger partial charge in [-0.05, 0) is 6.07 Å². The average Bonchev–Trinajstić information content (AvgIpc) is 2.37. The van der Waals surface area contributed by atoms with Gasteiger partial charge in [0.1, 0.15) is 5.75 Å². The first-order valence-corrected chi connectivity index (χ1v) is 6.15.